The van der Waals surface area contributed by atoms with Crippen LogP contribution in [0.4, 0.5) is 0 Å². The minimum absolute atomic E-state index is 0.142. The van der Waals surface area contributed by atoms with Crippen LogP contribution in [0.5, 0.6) is 11.5 Å². The van der Waals surface area contributed by atoms with E-state index in [1.165, 1.54) is 5.57 Å². The first kappa shape index (κ1) is 15.9. The SMILES string of the molecule is COc1ccc(OC)c([C@@H]2C=C(C)CC[C@H]2C(C)(C)O)c1. The number of benzene rings is 1. The third-order valence-electron chi connectivity index (χ3n) is 4.45. The highest BCUT2D eigenvalue weighted by atomic mass is 16.5. The molecule has 116 valence electrons. The second kappa shape index (κ2) is 6.10. The van der Waals surface area contributed by atoms with E-state index in [-0.39, 0.29) is 11.8 Å². The lowest BCUT2D eigenvalue weighted by molar-refractivity contribution is 0.00440. The molecule has 0 amide bonds. The van der Waals surface area contributed by atoms with E-state index in [9.17, 15) is 5.11 Å². The van der Waals surface area contributed by atoms with Crippen molar-refractivity contribution in [3.63, 3.8) is 0 Å². The molecule has 0 radical (unpaired) electrons. The van der Waals surface area contributed by atoms with Crippen LogP contribution in [-0.2, 0) is 0 Å². The Kier molecular flexibility index (Phi) is 4.62. The monoisotopic (exact) mass is 290 g/mol. The predicted molar refractivity (Wildman–Crippen MR) is 85.1 cm³/mol. The van der Waals surface area contributed by atoms with Crippen molar-refractivity contribution >= 4 is 0 Å². The average molecular weight is 290 g/mol. The van der Waals surface area contributed by atoms with Gasteiger partial charge in [-0.05, 0) is 57.7 Å². The van der Waals surface area contributed by atoms with Crippen LogP contribution >= 0.6 is 0 Å². The fraction of sp³-hybridized carbons (Fsp3) is 0.556. The van der Waals surface area contributed by atoms with Gasteiger partial charge >= 0.3 is 0 Å². The highest BCUT2D eigenvalue weighted by molar-refractivity contribution is 5.45. The van der Waals surface area contributed by atoms with Crippen molar-refractivity contribution in [3.05, 3.63) is 35.4 Å². The summed E-state index contributed by atoms with van der Waals surface area (Å²) in [6.07, 6.45) is 4.29. The standard InChI is InChI=1S/C18H26O3/c1-12-6-8-16(18(2,3)19)14(10-12)15-11-13(20-4)7-9-17(15)21-5/h7,9-11,14,16,19H,6,8H2,1-5H3/t14-,16+/m0/s1. The Hall–Kier alpha value is -1.48. The number of ether oxygens (including phenoxy) is 2. The number of hydrogen-bond acceptors (Lipinski definition) is 3. The van der Waals surface area contributed by atoms with Crippen molar-refractivity contribution in [2.24, 2.45) is 5.92 Å². The zero-order valence-corrected chi connectivity index (χ0v) is 13.6. The first-order chi connectivity index (χ1) is 9.86. The molecule has 0 saturated heterocycles. The molecule has 0 saturated carbocycles. The first-order valence-electron chi connectivity index (χ1n) is 7.48. The summed E-state index contributed by atoms with van der Waals surface area (Å²) in [7, 11) is 3.35. The molecule has 1 aromatic rings. The van der Waals surface area contributed by atoms with E-state index >= 15 is 0 Å². The van der Waals surface area contributed by atoms with Crippen molar-refractivity contribution in [3.8, 4) is 11.5 Å². The fourth-order valence-corrected chi connectivity index (χ4v) is 3.27. The third-order valence-corrected chi connectivity index (χ3v) is 4.45. The average Bonchev–Trinajstić information content (AvgIpc) is 2.45. The topological polar surface area (TPSA) is 38.7 Å². The Labute approximate surface area is 127 Å². The smallest absolute Gasteiger partial charge is 0.122 e. The molecule has 0 spiro atoms. The van der Waals surface area contributed by atoms with Gasteiger partial charge in [0.05, 0.1) is 19.8 Å². The van der Waals surface area contributed by atoms with E-state index in [0.717, 1.165) is 29.9 Å². The molecule has 0 aliphatic heterocycles. The van der Waals surface area contributed by atoms with Gasteiger partial charge in [0.2, 0.25) is 0 Å². The molecule has 3 nitrogen and oxygen atoms in total. The highest BCUT2D eigenvalue weighted by Crippen LogP contribution is 2.45. The maximum atomic E-state index is 10.5. The second-order valence-corrected chi connectivity index (χ2v) is 6.45. The number of hydrogen-bond donors (Lipinski definition) is 1. The molecule has 0 fully saturated rings. The van der Waals surface area contributed by atoms with Crippen LogP contribution in [0.25, 0.3) is 0 Å². The number of rotatable bonds is 4. The predicted octanol–water partition coefficient (Wildman–Crippen LogP) is 3.91. The molecule has 1 aliphatic rings. The van der Waals surface area contributed by atoms with Gasteiger partial charge in [0.15, 0.2) is 0 Å². The molecule has 1 aliphatic carbocycles. The third kappa shape index (κ3) is 3.41. The zero-order valence-electron chi connectivity index (χ0n) is 13.6. The van der Waals surface area contributed by atoms with Crippen LogP contribution < -0.4 is 9.47 Å². The van der Waals surface area contributed by atoms with E-state index in [4.69, 9.17) is 9.47 Å². The van der Waals surface area contributed by atoms with E-state index < -0.39 is 5.60 Å². The number of allylic oxidation sites excluding steroid dienone is 2. The number of aliphatic hydroxyl groups is 1. The van der Waals surface area contributed by atoms with Gasteiger partial charge in [-0.3, -0.25) is 0 Å². The normalized spacial score (nSPS) is 22.7. The lowest BCUT2D eigenvalue weighted by Crippen LogP contribution is -2.36. The summed E-state index contributed by atoms with van der Waals surface area (Å²) >= 11 is 0. The molecule has 1 aromatic carbocycles. The zero-order chi connectivity index (χ0) is 15.6. The quantitative estimate of drug-likeness (QED) is 0.854. The highest BCUT2D eigenvalue weighted by Gasteiger charge is 2.37. The molecule has 0 aromatic heterocycles. The van der Waals surface area contributed by atoms with Crippen LogP contribution in [0.2, 0.25) is 0 Å². The largest absolute Gasteiger partial charge is 0.497 e. The number of methoxy groups -OCH3 is 2. The minimum Gasteiger partial charge on any atom is -0.497 e. The van der Waals surface area contributed by atoms with Crippen LogP contribution in [0, 0.1) is 5.92 Å². The molecule has 1 N–H and O–H groups in total. The summed E-state index contributed by atoms with van der Waals surface area (Å²) in [5.41, 5.74) is 1.73. The van der Waals surface area contributed by atoms with Crippen LogP contribution in [0.3, 0.4) is 0 Å². The van der Waals surface area contributed by atoms with Crippen molar-refractivity contribution in [1.82, 2.24) is 0 Å². The lowest BCUT2D eigenvalue weighted by atomic mass is 9.70. The van der Waals surface area contributed by atoms with Gasteiger partial charge in [-0.15, -0.1) is 0 Å². The Bertz CT molecular complexity index is 526. The Morgan fingerprint density at radius 3 is 2.48 bits per heavy atom. The van der Waals surface area contributed by atoms with E-state index in [2.05, 4.69) is 13.0 Å². The molecule has 21 heavy (non-hydrogen) atoms. The molecule has 2 atom stereocenters. The molecular weight excluding hydrogens is 264 g/mol. The summed E-state index contributed by atoms with van der Waals surface area (Å²) < 4.78 is 10.9. The maximum absolute atomic E-state index is 10.5. The molecule has 2 rings (SSSR count). The Morgan fingerprint density at radius 1 is 1.19 bits per heavy atom. The second-order valence-electron chi connectivity index (χ2n) is 6.45. The van der Waals surface area contributed by atoms with Gasteiger partial charge in [0.1, 0.15) is 11.5 Å². The van der Waals surface area contributed by atoms with E-state index in [1.54, 1.807) is 14.2 Å². The van der Waals surface area contributed by atoms with Gasteiger partial charge in [0.25, 0.3) is 0 Å². The van der Waals surface area contributed by atoms with Crippen molar-refractivity contribution in [1.29, 1.82) is 0 Å². The van der Waals surface area contributed by atoms with Crippen molar-refractivity contribution < 1.29 is 14.6 Å². The van der Waals surface area contributed by atoms with Crippen LogP contribution in [0.1, 0.15) is 45.1 Å². The van der Waals surface area contributed by atoms with Gasteiger partial charge in [-0.2, -0.15) is 0 Å². The fourth-order valence-electron chi connectivity index (χ4n) is 3.27. The Morgan fingerprint density at radius 2 is 1.90 bits per heavy atom. The summed E-state index contributed by atoms with van der Waals surface area (Å²) in [5.74, 6) is 1.98. The molecule has 0 unspecified atom stereocenters. The van der Waals surface area contributed by atoms with Gasteiger partial charge in [-0.25, -0.2) is 0 Å². The van der Waals surface area contributed by atoms with Gasteiger partial charge in [0, 0.05) is 11.5 Å². The van der Waals surface area contributed by atoms with Crippen LogP contribution in [-0.4, -0.2) is 24.9 Å². The molecule has 0 heterocycles. The molecular formula is C18H26O3. The minimum atomic E-state index is -0.726. The molecule has 3 heteroatoms. The van der Waals surface area contributed by atoms with Crippen molar-refractivity contribution in [2.75, 3.05) is 14.2 Å². The maximum Gasteiger partial charge on any atom is 0.122 e. The van der Waals surface area contributed by atoms with Gasteiger partial charge < -0.3 is 14.6 Å². The lowest BCUT2D eigenvalue weighted by Gasteiger charge is -2.38. The Balaban J connectivity index is 2.52. The molecule has 0 bridgehead atoms. The first-order valence-corrected chi connectivity index (χ1v) is 7.48. The summed E-state index contributed by atoms with van der Waals surface area (Å²) in [6, 6.07) is 5.87. The van der Waals surface area contributed by atoms with Gasteiger partial charge in [-0.1, -0.05) is 11.6 Å². The summed E-state index contributed by atoms with van der Waals surface area (Å²) in [5, 5.41) is 10.5. The summed E-state index contributed by atoms with van der Waals surface area (Å²) in [4.78, 5) is 0. The van der Waals surface area contributed by atoms with E-state index in [1.807, 2.05) is 32.0 Å². The van der Waals surface area contributed by atoms with Crippen molar-refractivity contribution in [2.45, 2.75) is 45.1 Å². The summed E-state index contributed by atoms with van der Waals surface area (Å²) in [6.45, 7) is 5.94. The van der Waals surface area contributed by atoms with E-state index in [0.29, 0.717) is 0 Å². The van der Waals surface area contributed by atoms with Crippen LogP contribution in [0.15, 0.2) is 29.8 Å².